The number of aromatic nitrogens is 4. The van der Waals surface area contributed by atoms with Crippen LogP contribution in [0.4, 0.5) is 0 Å². The molecule has 0 aliphatic rings. The van der Waals surface area contributed by atoms with Crippen LogP contribution in [0.3, 0.4) is 0 Å². The van der Waals surface area contributed by atoms with Crippen molar-refractivity contribution < 1.29 is 4.42 Å². The molecule has 5 heteroatoms. The van der Waals surface area contributed by atoms with Crippen molar-refractivity contribution in [3.05, 3.63) is 170 Å². The van der Waals surface area contributed by atoms with Crippen molar-refractivity contribution in [1.82, 2.24) is 19.5 Å². The Morgan fingerprint density at radius 2 is 1.18 bits per heavy atom. The number of furan rings is 1. The van der Waals surface area contributed by atoms with Gasteiger partial charge in [-0.1, -0.05) is 122 Å². The van der Waals surface area contributed by atoms with E-state index in [1.54, 1.807) is 0 Å². The Morgan fingerprint density at radius 1 is 0.569 bits per heavy atom. The molecule has 0 bridgehead atoms. The maximum atomic E-state index is 6.44. The van der Waals surface area contributed by atoms with Gasteiger partial charge in [0.05, 0.1) is 11.2 Å². The van der Waals surface area contributed by atoms with Crippen LogP contribution in [0, 0.1) is 0 Å². The summed E-state index contributed by atoms with van der Waals surface area (Å²) in [5.41, 5.74) is 11.0. The Hall–Kier alpha value is -6.85. The number of para-hydroxylation sites is 1. The van der Waals surface area contributed by atoms with Crippen LogP contribution in [0.1, 0.15) is 18.2 Å². The molecule has 0 spiro atoms. The molecule has 5 nitrogen and oxygen atoms in total. The van der Waals surface area contributed by atoms with Crippen molar-refractivity contribution >= 4 is 45.0 Å². The first kappa shape index (κ1) is 30.2. The number of hydrogen-bond acceptors (Lipinski definition) is 4. The summed E-state index contributed by atoms with van der Waals surface area (Å²) in [6.45, 7) is 6.24. The van der Waals surface area contributed by atoms with Gasteiger partial charge in [0, 0.05) is 44.1 Å². The van der Waals surface area contributed by atoms with Gasteiger partial charge in [0.25, 0.3) is 0 Å². The van der Waals surface area contributed by atoms with E-state index in [4.69, 9.17) is 19.4 Å². The molecule has 0 radical (unpaired) electrons. The fraction of sp³-hybridized carbons (Fsp3) is 0.0217. The van der Waals surface area contributed by atoms with Crippen molar-refractivity contribution in [2.75, 3.05) is 0 Å². The van der Waals surface area contributed by atoms with E-state index in [1.165, 1.54) is 0 Å². The Kier molecular flexibility index (Phi) is 7.44. The highest BCUT2D eigenvalue weighted by atomic mass is 16.3. The first-order chi connectivity index (χ1) is 25.2. The highest BCUT2D eigenvalue weighted by Gasteiger charge is 2.20. The summed E-state index contributed by atoms with van der Waals surface area (Å²) >= 11 is 0. The number of fused-ring (bicyclic) bond motifs is 4. The monoisotopic (exact) mass is 656 g/mol. The zero-order valence-corrected chi connectivity index (χ0v) is 28.0. The van der Waals surface area contributed by atoms with Gasteiger partial charge in [-0.15, -0.1) is 0 Å². The van der Waals surface area contributed by atoms with Gasteiger partial charge in [-0.2, -0.15) is 0 Å². The van der Waals surface area contributed by atoms with E-state index in [9.17, 15) is 0 Å². The highest BCUT2D eigenvalue weighted by Crippen LogP contribution is 2.40. The first-order valence-electron chi connectivity index (χ1n) is 17.0. The van der Waals surface area contributed by atoms with Crippen LogP contribution in [0.2, 0.25) is 0 Å². The molecule has 3 aromatic heterocycles. The van der Waals surface area contributed by atoms with Crippen molar-refractivity contribution in [3.8, 4) is 51.0 Å². The Labute approximate surface area is 295 Å². The van der Waals surface area contributed by atoms with Gasteiger partial charge in [-0.05, 0) is 66.6 Å². The third kappa shape index (κ3) is 5.23. The van der Waals surface area contributed by atoms with Gasteiger partial charge in [0.2, 0.25) is 0 Å². The summed E-state index contributed by atoms with van der Waals surface area (Å²) in [6, 6.07) is 49.7. The van der Waals surface area contributed by atoms with E-state index in [-0.39, 0.29) is 0 Å². The molecule has 0 saturated carbocycles. The molecule has 0 atom stereocenters. The molecule has 9 aromatic rings. The van der Waals surface area contributed by atoms with E-state index in [0.29, 0.717) is 17.5 Å². The second-order valence-electron chi connectivity index (χ2n) is 12.4. The Bertz CT molecular complexity index is 2700. The Morgan fingerprint density at radius 3 is 1.82 bits per heavy atom. The molecule has 9 rings (SSSR count). The molecule has 0 fully saturated rings. The molecule has 0 aliphatic heterocycles. The summed E-state index contributed by atoms with van der Waals surface area (Å²) in [5, 5.41) is 3.14. The molecule has 242 valence electrons. The van der Waals surface area contributed by atoms with E-state index < -0.39 is 0 Å². The standard InChI is InChI=1S/C46H32N4O/c1-3-15-35-37-28-32(24-26-40(37)50(39(35)4-2)34-20-12-7-13-21-34)33-25-27-41-38(29-33)43-36(22-14-23-42(43)51-41)46-48-44(30-16-8-5-9-17-30)47-45(49-46)31-18-10-6-11-19-31/h3-29H,2H2,1H3/b15-3-. The number of benzene rings is 6. The highest BCUT2D eigenvalue weighted by molar-refractivity contribution is 6.13. The zero-order chi connectivity index (χ0) is 34.3. The molecular formula is C46H32N4O. The SMILES string of the molecule is C=Cc1c(/C=C\C)c2cc(-c3ccc4oc5cccc(-c6nc(-c7ccccc7)nc(-c7ccccc7)n6)c5c4c3)ccc2n1-c1ccccc1. The van der Waals surface area contributed by atoms with Crippen molar-refractivity contribution in [3.63, 3.8) is 0 Å². The minimum atomic E-state index is 0.595. The largest absolute Gasteiger partial charge is 0.456 e. The zero-order valence-electron chi connectivity index (χ0n) is 28.0. The molecule has 0 amide bonds. The lowest BCUT2D eigenvalue weighted by atomic mass is 9.98. The molecule has 0 unspecified atom stereocenters. The molecule has 0 aliphatic carbocycles. The van der Waals surface area contributed by atoms with Gasteiger partial charge in [-0.3, -0.25) is 0 Å². The van der Waals surface area contributed by atoms with Crippen molar-refractivity contribution in [1.29, 1.82) is 0 Å². The number of allylic oxidation sites excluding steroid dienone is 1. The predicted octanol–water partition coefficient (Wildman–Crippen LogP) is 12.1. The second-order valence-corrected chi connectivity index (χ2v) is 12.4. The number of nitrogens with zero attached hydrogens (tertiary/aromatic N) is 4. The average Bonchev–Trinajstić information content (AvgIpc) is 3.73. The summed E-state index contributed by atoms with van der Waals surface area (Å²) in [4.78, 5) is 15.0. The van der Waals surface area contributed by atoms with E-state index in [1.807, 2.05) is 84.9 Å². The molecule has 0 saturated heterocycles. The summed E-state index contributed by atoms with van der Waals surface area (Å²) < 4.78 is 8.72. The van der Waals surface area contributed by atoms with Crippen LogP contribution in [0.25, 0.3) is 96.0 Å². The third-order valence-corrected chi connectivity index (χ3v) is 9.35. The molecule has 6 aromatic carbocycles. The van der Waals surface area contributed by atoms with E-state index in [2.05, 4.69) is 97.0 Å². The van der Waals surface area contributed by atoms with Crippen LogP contribution < -0.4 is 0 Å². The maximum Gasteiger partial charge on any atom is 0.164 e. The molecule has 0 N–H and O–H groups in total. The summed E-state index contributed by atoms with van der Waals surface area (Å²) in [6.07, 6.45) is 6.20. The normalized spacial score (nSPS) is 11.6. The summed E-state index contributed by atoms with van der Waals surface area (Å²) in [5.74, 6) is 1.84. The average molecular weight is 657 g/mol. The van der Waals surface area contributed by atoms with Crippen LogP contribution in [0.5, 0.6) is 0 Å². The van der Waals surface area contributed by atoms with Crippen LogP contribution >= 0.6 is 0 Å². The maximum absolute atomic E-state index is 6.44. The van der Waals surface area contributed by atoms with E-state index in [0.717, 1.165) is 77.6 Å². The van der Waals surface area contributed by atoms with Gasteiger partial charge in [0.15, 0.2) is 17.5 Å². The number of rotatable bonds is 7. The van der Waals surface area contributed by atoms with Crippen molar-refractivity contribution in [2.24, 2.45) is 0 Å². The van der Waals surface area contributed by atoms with Crippen LogP contribution in [0.15, 0.2) is 163 Å². The fourth-order valence-corrected chi connectivity index (χ4v) is 7.03. The van der Waals surface area contributed by atoms with Crippen LogP contribution in [-0.4, -0.2) is 19.5 Å². The molecular weight excluding hydrogens is 625 g/mol. The second kappa shape index (κ2) is 12.6. The smallest absolute Gasteiger partial charge is 0.164 e. The quantitative estimate of drug-likeness (QED) is 0.171. The topological polar surface area (TPSA) is 56.7 Å². The lowest BCUT2D eigenvalue weighted by Gasteiger charge is -2.10. The van der Waals surface area contributed by atoms with Gasteiger partial charge < -0.3 is 8.98 Å². The first-order valence-corrected chi connectivity index (χ1v) is 17.0. The Balaban J connectivity index is 1.24. The van der Waals surface area contributed by atoms with E-state index >= 15 is 0 Å². The molecule has 3 heterocycles. The minimum absolute atomic E-state index is 0.595. The third-order valence-electron chi connectivity index (χ3n) is 9.35. The molecule has 51 heavy (non-hydrogen) atoms. The summed E-state index contributed by atoms with van der Waals surface area (Å²) in [7, 11) is 0. The fourth-order valence-electron chi connectivity index (χ4n) is 7.03. The predicted molar refractivity (Wildman–Crippen MR) is 210 cm³/mol. The van der Waals surface area contributed by atoms with Gasteiger partial charge in [0.1, 0.15) is 11.2 Å². The van der Waals surface area contributed by atoms with Gasteiger partial charge in [-0.25, -0.2) is 15.0 Å². The number of hydrogen-bond donors (Lipinski definition) is 0. The van der Waals surface area contributed by atoms with Gasteiger partial charge >= 0.3 is 0 Å². The lowest BCUT2D eigenvalue weighted by molar-refractivity contribution is 0.669. The minimum Gasteiger partial charge on any atom is -0.456 e. The van der Waals surface area contributed by atoms with Crippen molar-refractivity contribution in [2.45, 2.75) is 6.92 Å². The lowest BCUT2D eigenvalue weighted by Crippen LogP contribution is -2.00. The van der Waals surface area contributed by atoms with Crippen LogP contribution in [-0.2, 0) is 0 Å².